The lowest BCUT2D eigenvalue weighted by Crippen LogP contribution is -2.21. The molecule has 0 radical (unpaired) electrons. The zero-order valence-electron chi connectivity index (χ0n) is 9.11. The highest BCUT2D eigenvalue weighted by Crippen LogP contribution is 2.35. The van der Waals surface area contributed by atoms with Crippen molar-refractivity contribution >= 4 is 0 Å². The molecule has 0 bridgehead atoms. The van der Waals surface area contributed by atoms with Crippen LogP contribution < -0.4 is 5.73 Å². The molecule has 0 saturated heterocycles. The lowest BCUT2D eigenvalue weighted by molar-refractivity contribution is 0.397. The van der Waals surface area contributed by atoms with Crippen LogP contribution in [0.3, 0.4) is 0 Å². The van der Waals surface area contributed by atoms with Crippen LogP contribution in [0.25, 0.3) is 11.3 Å². The molecule has 0 spiro atoms. The quantitative estimate of drug-likeness (QED) is 0.841. The first-order valence-corrected chi connectivity index (χ1v) is 5.71. The fourth-order valence-corrected chi connectivity index (χ4v) is 2.42. The fraction of sp³-hybridized carbons (Fsp3) is 0.385. The van der Waals surface area contributed by atoms with Crippen molar-refractivity contribution in [1.29, 1.82) is 0 Å². The minimum atomic E-state index is 0.572. The Kier molecular flexibility index (Phi) is 2.33. The third kappa shape index (κ3) is 1.48. The predicted molar refractivity (Wildman–Crippen MR) is 61.0 cm³/mol. The van der Waals surface area contributed by atoms with Gasteiger partial charge in [-0.2, -0.15) is 0 Å². The Bertz CT molecular complexity index is 470. The molecular weight excluding hydrogens is 202 g/mol. The van der Waals surface area contributed by atoms with Gasteiger partial charge in [-0.05, 0) is 37.4 Å². The smallest absolute Gasteiger partial charge is 0.137 e. The first kappa shape index (κ1) is 9.73. The summed E-state index contributed by atoms with van der Waals surface area (Å²) in [5.74, 6) is 2.56. The Morgan fingerprint density at radius 2 is 2.31 bits per heavy atom. The zero-order chi connectivity index (χ0) is 11.0. The Hall–Kier alpha value is -1.48. The van der Waals surface area contributed by atoms with Crippen LogP contribution >= 0.6 is 0 Å². The van der Waals surface area contributed by atoms with Gasteiger partial charge < -0.3 is 14.6 Å². The van der Waals surface area contributed by atoms with Crippen molar-refractivity contribution in [2.45, 2.75) is 19.3 Å². The van der Waals surface area contributed by atoms with Gasteiger partial charge in [0, 0.05) is 12.0 Å². The summed E-state index contributed by atoms with van der Waals surface area (Å²) >= 11 is 0. The Labute approximate surface area is 94.2 Å². The largest absolute Gasteiger partial charge is 0.468 e. The van der Waals surface area contributed by atoms with Crippen LogP contribution in [0.2, 0.25) is 0 Å². The Balaban J connectivity index is 1.97. The van der Waals surface area contributed by atoms with E-state index in [9.17, 15) is 0 Å². The van der Waals surface area contributed by atoms with Gasteiger partial charge in [-0.1, -0.05) is 0 Å². The minimum Gasteiger partial charge on any atom is -0.468 e. The Morgan fingerprint density at radius 3 is 3.06 bits per heavy atom. The molecule has 0 aromatic carbocycles. The molecule has 2 aromatic heterocycles. The van der Waals surface area contributed by atoms with Crippen molar-refractivity contribution in [1.82, 2.24) is 0 Å². The third-order valence-corrected chi connectivity index (χ3v) is 3.38. The van der Waals surface area contributed by atoms with Gasteiger partial charge in [0.1, 0.15) is 17.8 Å². The van der Waals surface area contributed by atoms with Crippen LogP contribution in [0, 0.1) is 5.92 Å². The van der Waals surface area contributed by atoms with Crippen LogP contribution in [-0.2, 0) is 12.8 Å². The third-order valence-electron chi connectivity index (χ3n) is 3.38. The second kappa shape index (κ2) is 3.83. The van der Waals surface area contributed by atoms with Gasteiger partial charge in [0.05, 0.1) is 11.8 Å². The fourth-order valence-electron chi connectivity index (χ4n) is 2.42. The maximum absolute atomic E-state index is 5.70. The first-order chi connectivity index (χ1) is 7.88. The summed E-state index contributed by atoms with van der Waals surface area (Å²) in [6.45, 7) is 0.746. The summed E-state index contributed by atoms with van der Waals surface area (Å²) < 4.78 is 11.0. The van der Waals surface area contributed by atoms with Crippen molar-refractivity contribution in [2.24, 2.45) is 11.7 Å². The van der Waals surface area contributed by atoms with Gasteiger partial charge in [-0.3, -0.25) is 0 Å². The first-order valence-electron chi connectivity index (χ1n) is 5.71. The molecule has 1 unspecified atom stereocenters. The van der Waals surface area contributed by atoms with Crippen LogP contribution in [-0.4, -0.2) is 6.54 Å². The van der Waals surface area contributed by atoms with Crippen LogP contribution in [0.15, 0.2) is 33.5 Å². The average Bonchev–Trinajstić information content (AvgIpc) is 2.96. The van der Waals surface area contributed by atoms with E-state index in [-0.39, 0.29) is 0 Å². The molecule has 3 rings (SSSR count). The van der Waals surface area contributed by atoms with E-state index in [1.807, 2.05) is 18.4 Å². The summed E-state index contributed by atoms with van der Waals surface area (Å²) in [5, 5.41) is 0. The molecule has 84 valence electrons. The molecule has 0 amide bonds. The van der Waals surface area contributed by atoms with Crippen molar-refractivity contribution in [3.05, 3.63) is 36.0 Å². The van der Waals surface area contributed by atoms with E-state index in [2.05, 4.69) is 0 Å². The maximum atomic E-state index is 5.70. The second-order valence-corrected chi connectivity index (χ2v) is 4.37. The number of fused-ring (bicyclic) bond motifs is 1. The summed E-state index contributed by atoms with van der Waals surface area (Å²) in [5.41, 5.74) is 8.11. The highest BCUT2D eigenvalue weighted by atomic mass is 16.3. The minimum absolute atomic E-state index is 0.572. The van der Waals surface area contributed by atoms with Gasteiger partial charge >= 0.3 is 0 Å². The lowest BCUT2D eigenvalue weighted by Gasteiger charge is -2.19. The van der Waals surface area contributed by atoms with Gasteiger partial charge in [-0.25, -0.2) is 0 Å². The molecular formula is C13H15NO2. The van der Waals surface area contributed by atoms with E-state index in [1.54, 1.807) is 6.26 Å². The van der Waals surface area contributed by atoms with Crippen molar-refractivity contribution in [3.8, 4) is 11.3 Å². The zero-order valence-corrected chi connectivity index (χ0v) is 9.11. The molecule has 0 aliphatic heterocycles. The van der Waals surface area contributed by atoms with E-state index in [1.165, 1.54) is 5.56 Å². The number of hydrogen-bond donors (Lipinski definition) is 1. The van der Waals surface area contributed by atoms with Gasteiger partial charge in [0.15, 0.2) is 0 Å². The predicted octanol–water partition coefficient (Wildman–Crippen LogP) is 2.60. The van der Waals surface area contributed by atoms with Crippen LogP contribution in [0.5, 0.6) is 0 Å². The van der Waals surface area contributed by atoms with Gasteiger partial charge in [0.25, 0.3) is 0 Å². The Morgan fingerprint density at radius 1 is 1.38 bits per heavy atom. The van der Waals surface area contributed by atoms with Crippen molar-refractivity contribution in [2.75, 3.05) is 6.54 Å². The molecule has 1 atom stereocenters. The van der Waals surface area contributed by atoms with Crippen molar-refractivity contribution in [3.63, 3.8) is 0 Å². The van der Waals surface area contributed by atoms with E-state index in [0.717, 1.165) is 42.9 Å². The van der Waals surface area contributed by atoms with Gasteiger partial charge in [0.2, 0.25) is 0 Å². The standard InChI is InChI=1S/C13H15NO2/c14-7-9-3-4-10-11(8-16-13(10)6-9)12-2-1-5-15-12/h1-2,5,8-9H,3-4,6-7,14H2. The summed E-state index contributed by atoms with van der Waals surface area (Å²) in [4.78, 5) is 0. The van der Waals surface area contributed by atoms with Crippen molar-refractivity contribution < 1.29 is 8.83 Å². The molecule has 0 fully saturated rings. The summed E-state index contributed by atoms with van der Waals surface area (Å²) in [6, 6.07) is 3.88. The SMILES string of the molecule is NCC1CCc2c(-c3ccco3)coc2C1. The maximum Gasteiger partial charge on any atom is 0.137 e. The van der Waals surface area contributed by atoms with E-state index in [4.69, 9.17) is 14.6 Å². The molecule has 0 saturated carbocycles. The molecule has 2 N–H and O–H groups in total. The molecule has 2 aromatic rings. The normalized spacial score (nSPS) is 19.7. The molecule has 16 heavy (non-hydrogen) atoms. The van der Waals surface area contributed by atoms with Crippen LogP contribution in [0.4, 0.5) is 0 Å². The number of furan rings is 2. The van der Waals surface area contributed by atoms with Gasteiger partial charge in [-0.15, -0.1) is 0 Å². The molecule has 2 heterocycles. The molecule has 3 nitrogen and oxygen atoms in total. The van der Waals surface area contributed by atoms with E-state index < -0.39 is 0 Å². The molecule has 3 heteroatoms. The van der Waals surface area contributed by atoms with E-state index in [0.29, 0.717) is 5.92 Å². The molecule has 1 aliphatic carbocycles. The summed E-state index contributed by atoms with van der Waals surface area (Å²) in [6.07, 6.45) is 6.66. The molecule has 1 aliphatic rings. The second-order valence-electron chi connectivity index (χ2n) is 4.37. The number of hydrogen-bond acceptors (Lipinski definition) is 3. The van der Waals surface area contributed by atoms with E-state index >= 15 is 0 Å². The lowest BCUT2D eigenvalue weighted by atomic mass is 9.86. The monoisotopic (exact) mass is 217 g/mol. The highest BCUT2D eigenvalue weighted by Gasteiger charge is 2.24. The number of nitrogens with two attached hydrogens (primary N) is 1. The topological polar surface area (TPSA) is 52.3 Å². The highest BCUT2D eigenvalue weighted by molar-refractivity contribution is 5.62. The summed E-state index contributed by atoms with van der Waals surface area (Å²) in [7, 11) is 0. The average molecular weight is 217 g/mol. The number of rotatable bonds is 2. The van der Waals surface area contributed by atoms with Crippen LogP contribution in [0.1, 0.15) is 17.7 Å².